The van der Waals surface area contributed by atoms with Crippen LogP contribution in [0.1, 0.15) is 30.4 Å². The summed E-state index contributed by atoms with van der Waals surface area (Å²) in [6.07, 6.45) is 4.09. The molecule has 70 valence electrons. The average Bonchev–Trinajstić information content (AvgIpc) is 2.07. The van der Waals surface area contributed by atoms with Crippen LogP contribution < -0.4 is 0 Å². The van der Waals surface area contributed by atoms with Gasteiger partial charge in [0.15, 0.2) is 0 Å². The van der Waals surface area contributed by atoms with E-state index in [1.54, 1.807) is 0 Å². The first-order valence-electron chi connectivity index (χ1n) is 4.90. The molecule has 1 aliphatic carbocycles. The van der Waals surface area contributed by atoms with Gasteiger partial charge >= 0.3 is 0 Å². The lowest BCUT2D eigenvalue weighted by Crippen LogP contribution is -2.35. The third kappa shape index (κ3) is 1.54. The first-order chi connectivity index (χ1) is 6.27. The van der Waals surface area contributed by atoms with Gasteiger partial charge in [-0.2, -0.15) is 0 Å². The highest BCUT2D eigenvalue weighted by atomic mass is 79.9. The van der Waals surface area contributed by atoms with E-state index in [4.69, 9.17) is 0 Å². The van der Waals surface area contributed by atoms with Crippen molar-refractivity contribution < 1.29 is 0 Å². The number of halogens is 1. The summed E-state index contributed by atoms with van der Waals surface area (Å²) in [5, 5.41) is 1.11. The summed E-state index contributed by atoms with van der Waals surface area (Å²) in [6, 6.07) is 9.02. The van der Waals surface area contributed by atoms with E-state index >= 15 is 0 Å². The topological polar surface area (TPSA) is 0 Å². The van der Waals surface area contributed by atoms with Gasteiger partial charge < -0.3 is 0 Å². The van der Waals surface area contributed by atoms with Crippen LogP contribution in [0.5, 0.6) is 0 Å². The van der Waals surface area contributed by atoms with Crippen molar-refractivity contribution in [2.45, 2.75) is 31.6 Å². The first kappa shape index (κ1) is 9.26. The largest absolute Gasteiger partial charge is 0.0918 e. The van der Waals surface area contributed by atoms with E-state index < -0.39 is 0 Å². The summed E-state index contributed by atoms with van der Waals surface area (Å²) in [5.74, 6) is 0. The second kappa shape index (κ2) is 3.45. The predicted molar refractivity (Wildman–Crippen MR) is 60.5 cm³/mol. The van der Waals surface area contributed by atoms with E-state index in [-0.39, 0.29) is 0 Å². The number of hydrogen-bond acceptors (Lipinski definition) is 0. The van der Waals surface area contributed by atoms with E-state index in [0.717, 1.165) is 5.33 Å². The highest BCUT2D eigenvalue weighted by Gasteiger charge is 2.37. The molecule has 0 atom stereocenters. The Labute approximate surface area is 88.5 Å². The van der Waals surface area contributed by atoms with Gasteiger partial charge in [0.05, 0.1) is 0 Å². The summed E-state index contributed by atoms with van der Waals surface area (Å²) < 4.78 is 0. The van der Waals surface area contributed by atoms with Crippen LogP contribution >= 0.6 is 15.9 Å². The highest BCUT2D eigenvalue weighted by molar-refractivity contribution is 9.09. The van der Waals surface area contributed by atoms with Gasteiger partial charge in [-0.25, -0.2) is 0 Å². The maximum absolute atomic E-state index is 3.64. The van der Waals surface area contributed by atoms with Crippen molar-refractivity contribution in [3.8, 4) is 0 Å². The minimum Gasteiger partial charge on any atom is -0.0918 e. The molecule has 0 bridgehead atoms. The fourth-order valence-corrected chi connectivity index (χ4v) is 2.89. The summed E-state index contributed by atoms with van der Waals surface area (Å²) >= 11 is 3.64. The minimum absolute atomic E-state index is 0.466. The van der Waals surface area contributed by atoms with Gasteiger partial charge in [-0.05, 0) is 25.3 Å². The molecule has 0 nitrogen and oxygen atoms in total. The maximum Gasteiger partial charge on any atom is 0.0129 e. The summed E-state index contributed by atoms with van der Waals surface area (Å²) in [7, 11) is 0. The molecule has 1 fully saturated rings. The van der Waals surface area contributed by atoms with E-state index in [1.165, 1.54) is 30.4 Å². The Morgan fingerprint density at radius 2 is 1.85 bits per heavy atom. The fourth-order valence-electron chi connectivity index (χ4n) is 2.01. The van der Waals surface area contributed by atoms with Crippen molar-refractivity contribution in [2.24, 2.45) is 0 Å². The van der Waals surface area contributed by atoms with E-state index in [0.29, 0.717) is 5.41 Å². The van der Waals surface area contributed by atoms with Crippen molar-refractivity contribution >= 4 is 15.9 Å². The SMILES string of the molecule is Cc1ccc(C2(CBr)CCC2)cc1. The molecule has 0 saturated heterocycles. The summed E-state index contributed by atoms with van der Waals surface area (Å²) in [4.78, 5) is 0. The molecular formula is C12H15Br. The molecular weight excluding hydrogens is 224 g/mol. The molecule has 1 saturated carbocycles. The van der Waals surface area contributed by atoms with Crippen LogP contribution in [0.25, 0.3) is 0 Å². The average molecular weight is 239 g/mol. The van der Waals surface area contributed by atoms with Crippen LogP contribution in [0.15, 0.2) is 24.3 Å². The lowest BCUT2D eigenvalue weighted by atomic mass is 9.66. The lowest BCUT2D eigenvalue weighted by Gasteiger charge is -2.41. The Morgan fingerprint density at radius 3 is 2.23 bits per heavy atom. The number of aryl methyl sites for hydroxylation is 1. The Kier molecular flexibility index (Phi) is 2.46. The zero-order chi connectivity index (χ0) is 9.31. The molecule has 1 aromatic carbocycles. The lowest BCUT2D eigenvalue weighted by molar-refractivity contribution is 0.281. The van der Waals surface area contributed by atoms with Crippen LogP contribution in [0.2, 0.25) is 0 Å². The van der Waals surface area contributed by atoms with Gasteiger partial charge in [-0.3, -0.25) is 0 Å². The molecule has 0 N–H and O–H groups in total. The molecule has 13 heavy (non-hydrogen) atoms. The maximum atomic E-state index is 3.64. The van der Waals surface area contributed by atoms with Crippen molar-refractivity contribution in [1.82, 2.24) is 0 Å². The van der Waals surface area contributed by atoms with Gasteiger partial charge in [0.25, 0.3) is 0 Å². The second-order valence-corrected chi connectivity index (χ2v) is 4.69. The first-order valence-corrected chi connectivity index (χ1v) is 6.02. The summed E-state index contributed by atoms with van der Waals surface area (Å²) in [5.41, 5.74) is 3.34. The monoisotopic (exact) mass is 238 g/mol. The molecule has 0 spiro atoms. The van der Waals surface area contributed by atoms with Crippen molar-refractivity contribution in [1.29, 1.82) is 0 Å². The number of rotatable bonds is 2. The zero-order valence-corrected chi connectivity index (χ0v) is 9.60. The van der Waals surface area contributed by atoms with Gasteiger partial charge in [0, 0.05) is 10.7 Å². The molecule has 1 aliphatic rings. The van der Waals surface area contributed by atoms with Gasteiger partial charge in [-0.1, -0.05) is 52.2 Å². The van der Waals surface area contributed by atoms with Crippen molar-refractivity contribution in [3.63, 3.8) is 0 Å². The smallest absolute Gasteiger partial charge is 0.0129 e. The molecule has 0 aromatic heterocycles. The standard InChI is InChI=1S/C12H15Br/c1-10-3-5-11(6-4-10)12(9-13)7-2-8-12/h3-6H,2,7-9H2,1H3. The molecule has 1 aromatic rings. The van der Waals surface area contributed by atoms with Gasteiger partial charge in [0.1, 0.15) is 0 Å². The van der Waals surface area contributed by atoms with Gasteiger partial charge in [0.2, 0.25) is 0 Å². The van der Waals surface area contributed by atoms with Crippen LogP contribution in [0.4, 0.5) is 0 Å². The molecule has 2 rings (SSSR count). The number of alkyl halides is 1. The van der Waals surface area contributed by atoms with E-state index in [9.17, 15) is 0 Å². The van der Waals surface area contributed by atoms with Crippen molar-refractivity contribution in [3.05, 3.63) is 35.4 Å². The molecule has 0 amide bonds. The Morgan fingerprint density at radius 1 is 1.23 bits per heavy atom. The Balaban J connectivity index is 2.28. The minimum atomic E-state index is 0.466. The van der Waals surface area contributed by atoms with Crippen LogP contribution in [0, 0.1) is 6.92 Å². The normalized spacial score (nSPS) is 19.5. The molecule has 0 radical (unpaired) electrons. The Bertz CT molecular complexity index is 277. The van der Waals surface area contributed by atoms with Crippen LogP contribution in [-0.4, -0.2) is 5.33 Å². The van der Waals surface area contributed by atoms with Crippen LogP contribution in [-0.2, 0) is 5.41 Å². The van der Waals surface area contributed by atoms with Crippen LogP contribution in [0.3, 0.4) is 0 Å². The highest BCUT2D eigenvalue weighted by Crippen LogP contribution is 2.44. The quantitative estimate of drug-likeness (QED) is 0.688. The Hall–Kier alpha value is -0.300. The molecule has 1 heteroatoms. The molecule has 0 unspecified atom stereocenters. The zero-order valence-electron chi connectivity index (χ0n) is 8.02. The number of benzene rings is 1. The van der Waals surface area contributed by atoms with Crippen molar-refractivity contribution in [2.75, 3.05) is 5.33 Å². The van der Waals surface area contributed by atoms with E-state index in [2.05, 4.69) is 47.1 Å². The third-order valence-electron chi connectivity index (χ3n) is 3.23. The molecule has 0 heterocycles. The third-order valence-corrected chi connectivity index (χ3v) is 4.30. The summed E-state index contributed by atoms with van der Waals surface area (Å²) in [6.45, 7) is 2.14. The van der Waals surface area contributed by atoms with Gasteiger partial charge in [-0.15, -0.1) is 0 Å². The predicted octanol–water partition coefficient (Wildman–Crippen LogP) is 3.81. The second-order valence-electron chi connectivity index (χ2n) is 4.13. The number of hydrogen-bond donors (Lipinski definition) is 0. The molecule has 0 aliphatic heterocycles. The van der Waals surface area contributed by atoms with E-state index in [1.807, 2.05) is 0 Å². The fraction of sp³-hybridized carbons (Fsp3) is 0.500.